The molecule has 2 aromatic heterocycles. The van der Waals surface area contributed by atoms with Crippen molar-refractivity contribution in [2.75, 3.05) is 19.8 Å². The van der Waals surface area contributed by atoms with E-state index in [0.717, 1.165) is 13.0 Å². The first kappa shape index (κ1) is 13.9. The monoisotopic (exact) mass is 305 g/mol. The predicted octanol–water partition coefficient (Wildman–Crippen LogP) is 2.06. The Balaban J connectivity index is 1.46. The Morgan fingerprint density at radius 2 is 2.09 bits per heavy atom. The summed E-state index contributed by atoms with van der Waals surface area (Å²) in [6.07, 6.45) is 4.90. The molecule has 0 aliphatic carbocycles. The van der Waals surface area contributed by atoms with Crippen LogP contribution in [0.1, 0.15) is 25.2 Å². The van der Waals surface area contributed by atoms with Gasteiger partial charge < -0.3 is 18.3 Å². The van der Waals surface area contributed by atoms with Gasteiger partial charge in [0.15, 0.2) is 12.1 Å². The molecule has 1 unspecified atom stereocenters. The molecule has 2 aromatic rings. The molecule has 0 spiro atoms. The zero-order valence-electron chi connectivity index (χ0n) is 12.3. The number of piperidine rings is 1. The lowest BCUT2D eigenvalue weighted by molar-refractivity contribution is -0.112. The SMILES string of the molecule is c1coc(-c2nnc(CN3CCCCC3C3OCCO3)o2)c1. The molecule has 2 aliphatic heterocycles. The second kappa shape index (κ2) is 6.20. The maximum atomic E-state index is 5.70. The van der Waals surface area contributed by atoms with E-state index in [1.165, 1.54) is 12.8 Å². The van der Waals surface area contributed by atoms with Gasteiger partial charge in [-0.1, -0.05) is 6.42 Å². The first-order valence-corrected chi connectivity index (χ1v) is 7.74. The Morgan fingerprint density at radius 1 is 1.18 bits per heavy atom. The van der Waals surface area contributed by atoms with E-state index in [4.69, 9.17) is 18.3 Å². The first-order valence-electron chi connectivity index (χ1n) is 7.74. The van der Waals surface area contributed by atoms with Gasteiger partial charge in [-0.05, 0) is 31.5 Å². The number of likely N-dealkylation sites (tertiary alicyclic amines) is 1. The molecule has 4 heterocycles. The van der Waals surface area contributed by atoms with Gasteiger partial charge in [0.05, 0.1) is 32.1 Å². The lowest BCUT2D eigenvalue weighted by Gasteiger charge is -2.36. The van der Waals surface area contributed by atoms with Crippen LogP contribution in [0.2, 0.25) is 0 Å². The zero-order chi connectivity index (χ0) is 14.8. The van der Waals surface area contributed by atoms with Crippen molar-refractivity contribution in [1.82, 2.24) is 15.1 Å². The molecule has 1 atom stereocenters. The average Bonchev–Trinajstić information content (AvgIpc) is 3.30. The van der Waals surface area contributed by atoms with Gasteiger partial charge in [-0.2, -0.15) is 0 Å². The Hall–Kier alpha value is -1.70. The highest BCUT2D eigenvalue weighted by Gasteiger charge is 2.34. The molecule has 22 heavy (non-hydrogen) atoms. The summed E-state index contributed by atoms with van der Waals surface area (Å²) in [5.41, 5.74) is 0. The maximum Gasteiger partial charge on any atom is 0.283 e. The molecule has 0 radical (unpaired) electrons. The van der Waals surface area contributed by atoms with Crippen molar-refractivity contribution >= 4 is 0 Å². The number of hydrogen-bond acceptors (Lipinski definition) is 7. The number of nitrogens with zero attached hydrogens (tertiary/aromatic N) is 3. The standard InChI is InChI=1S/C15H19N3O4/c1-2-6-18(11(4-1)15-20-8-9-21-15)10-13-16-17-14(22-13)12-5-3-7-19-12/h3,5,7,11,15H,1-2,4,6,8-10H2. The number of aromatic nitrogens is 2. The van der Waals surface area contributed by atoms with E-state index in [9.17, 15) is 0 Å². The molecule has 4 rings (SSSR count). The van der Waals surface area contributed by atoms with Crippen molar-refractivity contribution in [3.63, 3.8) is 0 Å². The van der Waals surface area contributed by atoms with Gasteiger partial charge in [0.1, 0.15) is 0 Å². The minimum Gasteiger partial charge on any atom is -0.459 e. The van der Waals surface area contributed by atoms with Crippen molar-refractivity contribution in [2.24, 2.45) is 0 Å². The smallest absolute Gasteiger partial charge is 0.283 e. The van der Waals surface area contributed by atoms with E-state index < -0.39 is 0 Å². The van der Waals surface area contributed by atoms with Crippen LogP contribution < -0.4 is 0 Å². The van der Waals surface area contributed by atoms with Crippen LogP contribution in [0.3, 0.4) is 0 Å². The number of ether oxygens (including phenoxy) is 2. The van der Waals surface area contributed by atoms with Crippen LogP contribution in [0.15, 0.2) is 27.2 Å². The van der Waals surface area contributed by atoms with E-state index in [-0.39, 0.29) is 12.3 Å². The van der Waals surface area contributed by atoms with Crippen LogP contribution >= 0.6 is 0 Å². The molecule has 118 valence electrons. The summed E-state index contributed by atoms with van der Waals surface area (Å²) < 4.78 is 22.3. The van der Waals surface area contributed by atoms with Gasteiger partial charge >= 0.3 is 0 Å². The number of furan rings is 1. The van der Waals surface area contributed by atoms with Crippen molar-refractivity contribution < 1.29 is 18.3 Å². The topological polar surface area (TPSA) is 73.8 Å². The van der Waals surface area contributed by atoms with Crippen molar-refractivity contribution in [2.45, 2.75) is 38.1 Å². The summed E-state index contributed by atoms with van der Waals surface area (Å²) in [5, 5.41) is 8.17. The van der Waals surface area contributed by atoms with Gasteiger partial charge in [-0.3, -0.25) is 4.90 Å². The van der Waals surface area contributed by atoms with E-state index in [1.807, 2.05) is 0 Å². The van der Waals surface area contributed by atoms with Crippen LogP contribution in [0.25, 0.3) is 11.7 Å². The number of hydrogen-bond donors (Lipinski definition) is 0. The van der Waals surface area contributed by atoms with Crippen LogP contribution in [0, 0.1) is 0 Å². The van der Waals surface area contributed by atoms with Gasteiger partial charge in [-0.15, -0.1) is 10.2 Å². The highest BCUT2D eigenvalue weighted by Crippen LogP contribution is 2.26. The fourth-order valence-electron chi connectivity index (χ4n) is 3.11. The largest absolute Gasteiger partial charge is 0.459 e. The lowest BCUT2D eigenvalue weighted by atomic mass is 10.0. The molecule has 2 fully saturated rings. The van der Waals surface area contributed by atoms with Crippen LogP contribution in [0.4, 0.5) is 0 Å². The molecule has 0 amide bonds. The molecule has 0 aromatic carbocycles. The Bertz CT molecular complexity index is 592. The fraction of sp³-hybridized carbons (Fsp3) is 0.600. The molecule has 0 bridgehead atoms. The normalized spacial score (nSPS) is 24.1. The maximum absolute atomic E-state index is 5.70. The average molecular weight is 305 g/mol. The lowest BCUT2D eigenvalue weighted by Crippen LogP contribution is -2.46. The molecule has 0 saturated carbocycles. The zero-order valence-corrected chi connectivity index (χ0v) is 12.3. The highest BCUT2D eigenvalue weighted by molar-refractivity contribution is 5.42. The second-order valence-corrected chi connectivity index (χ2v) is 5.62. The fourth-order valence-corrected chi connectivity index (χ4v) is 3.11. The quantitative estimate of drug-likeness (QED) is 0.856. The van der Waals surface area contributed by atoms with Crippen molar-refractivity contribution in [3.8, 4) is 11.7 Å². The Labute approximate surface area is 128 Å². The summed E-state index contributed by atoms with van der Waals surface area (Å²) in [6, 6.07) is 3.87. The Morgan fingerprint density at radius 3 is 2.91 bits per heavy atom. The molecule has 2 aliphatic rings. The minimum atomic E-state index is -0.132. The minimum absolute atomic E-state index is 0.132. The van der Waals surface area contributed by atoms with Gasteiger partial charge in [0.2, 0.25) is 5.89 Å². The van der Waals surface area contributed by atoms with Crippen LogP contribution in [0.5, 0.6) is 0 Å². The van der Waals surface area contributed by atoms with E-state index in [1.54, 1.807) is 18.4 Å². The summed E-state index contributed by atoms with van der Waals surface area (Å²) >= 11 is 0. The molecule has 2 saturated heterocycles. The second-order valence-electron chi connectivity index (χ2n) is 5.62. The number of rotatable bonds is 4. The highest BCUT2D eigenvalue weighted by atomic mass is 16.7. The predicted molar refractivity (Wildman–Crippen MR) is 75.7 cm³/mol. The third-order valence-corrected chi connectivity index (χ3v) is 4.16. The third-order valence-electron chi connectivity index (χ3n) is 4.16. The molecule has 0 N–H and O–H groups in total. The third kappa shape index (κ3) is 2.79. The van der Waals surface area contributed by atoms with Gasteiger partial charge in [-0.25, -0.2) is 0 Å². The molecule has 7 nitrogen and oxygen atoms in total. The summed E-state index contributed by atoms with van der Waals surface area (Å²) in [5.74, 6) is 1.61. The van der Waals surface area contributed by atoms with E-state index in [0.29, 0.717) is 37.3 Å². The van der Waals surface area contributed by atoms with E-state index >= 15 is 0 Å². The van der Waals surface area contributed by atoms with Crippen molar-refractivity contribution in [3.05, 3.63) is 24.3 Å². The van der Waals surface area contributed by atoms with Gasteiger partial charge in [0.25, 0.3) is 5.89 Å². The summed E-state index contributed by atoms with van der Waals surface area (Å²) in [7, 11) is 0. The van der Waals surface area contributed by atoms with E-state index in [2.05, 4.69) is 15.1 Å². The van der Waals surface area contributed by atoms with Crippen molar-refractivity contribution in [1.29, 1.82) is 0 Å². The van der Waals surface area contributed by atoms with Crippen LogP contribution in [-0.2, 0) is 16.0 Å². The Kier molecular flexibility index (Phi) is 3.92. The van der Waals surface area contributed by atoms with Crippen LogP contribution in [-0.4, -0.2) is 47.2 Å². The van der Waals surface area contributed by atoms with Gasteiger partial charge in [0, 0.05) is 0 Å². The molecular formula is C15H19N3O4. The molecular weight excluding hydrogens is 286 g/mol. The summed E-state index contributed by atoms with van der Waals surface area (Å²) in [4.78, 5) is 2.32. The first-order chi connectivity index (χ1) is 10.9. The summed E-state index contributed by atoms with van der Waals surface area (Å²) in [6.45, 7) is 2.96. The molecule has 7 heteroatoms.